The SMILES string of the molecule is CC(C)CCN1C[C@@]2(CCCN(C(=O)c3onc4c3CCCC4)C2)CCC1=O. The molecular formula is C22H33N3O3. The minimum absolute atomic E-state index is 0.000329. The molecule has 2 amide bonds. The highest BCUT2D eigenvalue weighted by Gasteiger charge is 2.43. The van der Waals surface area contributed by atoms with Gasteiger partial charge in [0, 0.05) is 43.6 Å². The average Bonchev–Trinajstić information content (AvgIpc) is 3.12. The fraction of sp³-hybridized carbons (Fsp3) is 0.773. The summed E-state index contributed by atoms with van der Waals surface area (Å²) in [6, 6.07) is 0. The largest absolute Gasteiger partial charge is 0.350 e. The van der Waals surface area contributed by atoms with Gasteiger partial charge in [0.05, 0.1) is 5.69 Å². The zero-order valence-corrected chi connectivity index (χ0v) is 17.3. The Morgan fingerprint density at radius 3 is 2.79 bits per heavy atom. The molecule has 28 heavy (non-hydrogen) atoms. The van der Waals surface area contributed by atoms with Gasteiger partial charge in [-0.3, -0.25) is 9.59 Å². The molecule has 1 aromatic rings. The van der Waals surface area contributed by atoms with E-state index in [1.165, 1.54) is 0 Å². The summed E-state index contributed by atoms with van der Waals surface area (Å²) in [6.45, 7) is 7.52. The highest BCUT2D eigenvalue weighted by atomic mass is 16.5. The van der Waals surface area contributed by atoms with Crippen molar-refractivity contribution in [3.8, 4) is 0 Å². The number of carbonyl (C=O) groups is 2. The molecule has 3 aliphatic rings. The van der Waals surface area contributed by atoms with Gasteiger partial charge in [0.25, 0.3) is 5.91 Å². The maximum Gasteiger partial charge on any atom is 0.292 e. The van der Waals surface area contributed by atoms with Crippen LogP contribution < -0.4 is 0 Å². The van der Waals surface area contributed by atoms with E-state index in [2.05, 4.69) is 19.0 Å². The Kier molecular flexibility index (Phi) is 5.48. The van der Waals surface area contributed by atoms with Crippen LogP contribution in [0.5, 0.6) is 0 Å². The molecule has 4 rings (SSSR count). The number of piperidine rings is 2. The van der Waals surface area contributed by atoms with E-state index >= 15 is 0 Å². The third-order valence-corrected chi connectivity index (χ3v) is 6.83. The molecule has 2 saturated heterocycles. The van der Waals surface area contributed by atoms with Gasteiger partial charge in [0.15, 0.2) is 0 Å². The van der Waals surface area contributed by atoms with Gasteiger partial charge in [-0.25, -0.2) is 0 Å². The zero-order valence-electron chi connectivity index (χ0n) is 17.3. The molecule has 2 fully saturated rings. The lowest BCUT2D eigenvalue weighted by molar-refractivity contribution is -0.139. The summed E-state index contributed by atoms with van der Waals surface area (Å²) < 4.78 is 5.51. The van der Waals surface area contributed by atoms with Gasteiger partial charge in [-0.1, -0.05) is 19.0 Å². The number of aromatic nitrogens is 1. The number of carbonyl (C=O) groups excluding carboxylic acids is 2. The van der Waals surface area contributed by atoms with E-state index < -0.39 is 0 Å². The van der Waals surface area contributed by atoms with Crippen molar-refractivity contribution in [2.75, 3.05) is 26.2 Å². The summed E-state index contributed by atoms with van der Waals surface area (Å²) >= 11 is 0. The van der Waals surface area contributed by atoms with Gasteiger partial charge in [-0.2, -0.15) is 0 Å². The van der Waals surface area contributed by atoms with Crippen molar-refractivity contribution in [1.82, 2.24) is 15.0 Å². The van der Waals surface area contributed by atoms with Gasteiger partial charge >= 0.3 is 0 Å². The molecule has 0 bridgehead atoms. The lowest BCUT2D eigenvalue weighted by Gasteiger charge is -2.48. The lowest BCUT2D eigenvalue weighted by Crippen LogP contribution is -2.55. The molecule has 0 N–H and O–H groups in total. The topological polar surface area (TPSA) is 66.7 Å². The van der Waals surface area contributed by atoms with Crippen LogP contribution in [0.25, 0.3) is 0 Å². The molecule has 0 radical (unpaired) electrons. The minimum Gasteiger partial charge on any atom is -0.350 e. The van der Waals surface area contributed by atoms with E-state index in [9.17, 15) is 9.59 Å². The van der Waals surface area contributed by atoms with Crippen LogP contribution in [0.15, 0.2) is 4.52 Å². The zero-order chi connectivity index (χ0) is 19.7. The number of likely N-dealkylation sites (tertiary alicyclic amines) is 2. The van der Waals surface area contributed by atoms with Crippen molar-refractivity contribution in [3.63, 3.8) is 0 Å². The number of hydrogen-bond acceptors (Lipinski definition) is 4. The Morgan fingerprint density at radius 1 is 1.14 bits per heavy atom. The van der Waals surface area contributed by atoms with Crippen LogP contribution in [-0.2, 0) is 17.6 Å². The predicted octanol–water partition coefficient (Wildman–Crippen LogP) is 3.44. The van der Waals surface area contributed by atoms with E-state index in [1.807, 2.05) is 9.80 Å². The quantitative estimate of drug-likeness (QED) is 0.794. The van der Waals surface area contributed by atoms with Crippen molar-refractivity contribution in [1.29, 1.82) is 0 Å². The summed E-state index contributed by atoms with van der Waals surface area (Å²) in [4.78, 5) is 29.7. The van der Waals surface area contributed by atoms with Crippen LogP contribution in [0.1, 0.15) is 80.6 Å². The monoisotopic (exact) mass is 387 g/mol. The first-order chi connectivity index (χ1) is 13.5. The van der Waals surface area contributed by atoms with Gasteiger partial charge in [-0.15, -0.1) is 0 Å². The van der Waals surface area contributed by atoms with Crippen LogP contribution >= 0.6 is 0 Å². The van der Waals surface area contributed by atoms with E-state index in [-0.39, 0.29) is 17.2 Å². The molecule has 3 heterocycles. The average molecular weight is 388 g/mol. The minimum atomic E-state index is 0.000329. The maximum atomic E-state index is 13.2. The highest BCUT2D eigenvalue weighted by molar-refractivity contribution is 5.93. The first-order valence-corrected chi connectivity index (χ1v) is 11.0. The van der Waals surface area contributed by atoms with Crippen molar-refractivity contribution in [2.24, 2.45) is 11.3 Å². The molecule has 1 spiro atoms. The maximum absolute atomic E-state index is 13.2. The standard InChI is InChI=1S/C22H33N3O3/c1-16(2)9-13-24-14-22(11-8-19(24)26)10-5-12-25(15-22)21(27)20-17-6-3-4-7-18(17)23-28-20/h16H,3-15H2,1-2H3/t22-/m1/s1. The van der Waals surface area contributed by atoms with E-state index in [0.717, 1.165) is 88.8 Å². The third kappa shape index (κ3) is 3.83. The fourth-order valence-electron chi connectivity index (χ4n) is 5.14. The fourth-order valence-corrected chi connectivity index (χ4v) is 5.14. The van der Waals surface area contributed by atoms with Crippen molar-refractivity contribution >= 4 is 11.8 Å². The van der Waals surface area contributed by atoms with E-state index in [0.29, 0.717) is 18.1 Å². The first-order valence-electron chi connectivity index (χ1n) is 11.0. The molecule has 0 saturated carbocycles. The number of fused-ring (bicyclic) bond motifs is 1. The van der Waals surface area contributed by atoms with Gasteiger partial charge < -0.3 is 14.3 Å². The van der Waals surface area contributed by atoms with Gasteiger partial charge in [0.1, 0.15) is 0 Å². The van der Waals surface area contributed by atoms with Gasteiger partial charge in [-0.05, 0) is 57.3 Å². The summed E-state index contributed by atoms with van der Waals surface area (Å²) in [5.74, 6) is 1.34. The Labute approximate surface area is 167 Å². The molecule has 6 heteroatoms. The molecular weight excluding hydrogens is 354 g/mol. The molecule has 2 aliphatic heterocycles. The lowest BCUT2D eigenvalue weighted by atomic mass is 9.73. The van der Waals surface area contributed by atoms with Crippen LogP contribution in [0.4, 0.5) is 0 Å². The molecule has 1 aliphatic carbocycles. The normalized spacial score (nSPS) is 25.5. The van der Waals surface area contributed by atoms with E-state index in [1.54, 1.807) is 0 Å². The van der Waals surface area contributed by atoms with Gasteiger partial charge in [0.2, 0.25) is 11.7 Å². The Hall–Kier alpha value is -1.85. The number of rotatable bonds is 4. The number of amides is 2. The molecule has 0 aromatic carbocycles. The molecule has 6 nitrogen and oxygen atoms in total. The molecule has 1 atom stereocenters. The summed E-state index contributed by atoms with van der Waals surface area (Å²) in [7, 11) is 0. The van der Waals surface area contributed by atoms with Crippen molar-refractivity contribution < 1.29 is 14.1 Å². The smallest absolute Gasteiger partial charge is 0.292 e. The van der Waals surface area contributed by atoms with Crippen LogP contribution in [0, 0.1) is 11.3 Å². The predicted molar refractivity (Wildman–Crippen MR) is 106 cm³/mol. The van der Waals surface area contributed by atoms with E-state index in [4.69, 9.17) is 4.52 Å². The Balaban J connectivity index is 1.47. The van der Waals surface area contributed by atoms with Crippen molar-refractivity contribution in [2.45, 2.75) is 71.6 Å². The molecule has 1 aromatic heterocycles. The number of nitrogens with zero attached hydrogens (tertiary/aromatic N) is 3. The molecule has 154 valence electrons. The van der Waals surface area contributed by atoms with Crippen LogP contribution in [0.2, 0.25) is 0 Å². The molecule has 0 unspecified atom stereocenters. The highest BCUT2D eigenvalue weighted by Crippen LogP contribution is 2.39. The Bertz CT molecular complexity index is 741. The summed E-state index contributed by atoms with van der Waals surface area (Å²) in [5.41, 5.74) is 2.05. The van der Waals surface area contributed by atoms with Crippen LogP contribution in [0.3, 0.4) is 0 Å². The third-order valence-electron chi connectivity index (χ3n) is 6.83. The second-order valence-electron chi connectivity index (χ2n) is 9.47. The second-order valence-corrected chi connectivity index (χ2v) is 9.47. The Morgan fingerprint density at radius 2 is 1.96 bits per heavy atom. The number of hydrogen-bond donors (Lipinski definition) is 0. The van der Waals surface area contributed by atoms with Crippen molar-refractivity contribution in [3.05, 3.63) is 17.0 Å². The first kappa shape index (κ1) is 19.5. The second kappa shape index (κ2) is 7.88. The summed E-state index contributed by atoms with van der Waals surface area (Å²) in [6.07, 6.45) is 8.67. The number of aryl methyl sites for hydroxylation is 1. The summed E-state index contributed by atoms with van der Waals surface area (Å²) in [5, 5.41) is 4.16. The van der Waals surface area contributed by atoms with Crippen LogP contribution in [-0.4, -0.2) is 52.9 Å².